The number of nitrogens with one attached hydrogen (secondary N) is 1. The molecule has 1 aromatic rings. The predicted molar refractivity (Wildman–Crippen MR) is 74.4 cm³/mol. The van der Waals surface area contributed by atoms with E-state index in [2.05, 4.69) is 5.32 Å². The van der Waals surface area contributed by atoms with Crippen LogP contribution < -0.4 is 11.1 Å². The normalized spacial score (nSPS) is 13.6. The number of hydrogen-bond donors (Lipinski definition) is 3. The number of rotatable bonds is 5. The van der Waals surface area contributed by atoms with Gasteiger partial charge in [0, 0.05) is 12.1 Å². The van der Waals surface area contributed by atoms with Crippen molar-refractivity contribution in [2.45, 2.75) is 26.0 Å². The topological polar surface area (TPSA) is 75.4 Å². The average Bonchev–Trinajstić information content (AvgIpc) is 2.35. The van der Waals surface area contributed by atoms with Crippen molar-refractivity contribution in [3.63, 3.8) is 0 Å². The van der Waals surface area contributed by atoms with Crippen molar-refractivity contribution in [1.29, 1.82) is 0 Å². The maximum absolute atomic E-state index is 13.4. The van der Waals surface area contributed by atoms with E-state index in [9.17, 15) is 14.3 Å². The SMILES string of the molecule is CC(C)[C@H](N)C(=O)NCC(O)c1ccccc1F.Cl. The maximum atomic E-state index is 13.4. The van der Waals surface area contributed by atoms with Crippen LogP contribution >= 0.6 is 12.4 Å². The Balaban J connectivity index is 0.00000324. The van der Waals surface area contributed by atoms with Crippen LogP contribution in [-0.4, -0.2) is 23.6 Å². The molecule has 0 heterocycles. The summed E-state index contributed by atoms with van der Waals surface area (Å²) in [6, 6.07) is 5.29. The zero-order valence-corrected chi connectivity index (χ0v) is 11.8. The lowest BCUT2D eigenvalue weighted by molar-refractivity contribution is -0.123. The molecule has 0 aliphatic rings. The van der Waals surface area contributed by atoms with Gasteiger partial charge in [0.15, 0.2) is 0 Å². The number of carbonyl (C=O) groups is 1. The summed E-state index contributed by atoms with van der Waals surface area (Å²) < 4.78 is 13.4. The van der Waals surface area contributed by atoms with E-state index >= 15 is 0 Å². The van der Waals surface area contributed by atoms with Crippen molar-refractivity contribution >= 4 is 18.3 Å². The highest BCUT2D eigenvalue weighted by Crippen LogP contribution is 2.15. The van der Waals surface area contributed by atoms with Crippen LogP contribution in [-0.2, 0) is 4.79 Å². The minimum absolute atomic E-state index is 0. The summed E-state index contributed by atoms with van der Waals surface area (Å²) in [4.78, 5) is 11.6. The number of carbonyl (C=O) groups excluding carboxylic acids is 1. The molecule has 0 aliphatic heterocycles. The lowest BCUT2D eigenvalue weighted by atomic mass is 10.0. The molecule has 2 atom stereocenters. The van der Waals surface area contributed by atoms with Crippen LogP contribution in [0, 0.1) is 11.7 Å². The first-order valence-corrected chi connectivity index (χ1v) is 5.89. The molecule has 0 aliphatic carbocycles. The molecule has 1 unspecified atom stereocenters. The third-order valence-electron chi connectivity index (χ3n) is 2.75. The number of aliphatic hydroxyl groups excluding tert-OH is 1. The van der Waals surface area contributed by atoms with E-state index in [4.69, 9.17) is 5.73 Å². The molecule has 1 amide bonds. The molecule has 4 nitrogen and oxygen atoms in total. The largest absolute Gasteiger partial charge is 0.386 e. The zero-order chi connectivity index (χ0) is 13.7. The van der Waals surface area contributed by atoms with Crippen molar-refractivity contribution in [3.05, 3.63) is 35.6 Å². The third kappa shape index (κ3) is 5.14. The Bertz CT molecular complexity index is 415. The van der Waals surface area contributed by atoms with Gasteiger partial charge in [-0.1, -0.05) is 32.0 Å². The van der Waals surface area contributed by atoms with Crippen LogP contribution in [0.1, 0.15) is 25.5 Å². The average molecular weight is 291 g/mol. The van der Waals surface area contributed by atoms with Gasteiger partial charge in [-0.15, -0.1) is 12.4 Å². The first kappa shape index (κ1) is 17.8. The lowest BCUT2D eigenvalue weighted by Gasteiger charge is -2.17. The van der Waals surface area contributed by atoms with E-state index in [1.807, 2.05) is 13.8 Å². The van der Waals surface area contributed by atoms with Gasteiger partial charge in [0.05, 0.1) is 12.1 Å². The Kier molecular flexibility index (Phi) is 7.59. The van der Waals surface area contributed by atoms with Crippen LogP contribution in [0.2, 0.25) is 0 Å². The van der Waals surface area contributed by atoms with E-state index in [-0.39, 0.29) is 36.3 Å². The van der Waals surface area contributed by atoms with Gasteiger partial charge < -0.3 is 16.2 Å². The zero-order valence-electron chi connectivity index (χ0n) is 11.0. The summed E-state index contributed by atoms with van der Waals surface area (Å²) in [7, 11) is 0. The first-order chi connectivity index (χ1) is 8.43. The highest BCUT2D eigenvalue weighted by atomic mass is 35.5. The lowest BCUT2D eigenvalue weighted by Crippen LogP contribution is -2.45. The number of aliphatic hydroxyl groups is 1. The van der Waals surface area contributed by atoms with E-state index in [0.717, 1.165) is 0 Å². The third-order valence-corrected chi connectivity index (χ3v) is 2.75. The molecule has 0 saturated carbocycles. The Morgan fingerprint density at radius 3 is 2.53 bits per heavy atom. The fourth-order valence-electron chi connectivity index (χ4n) is 1.47. The van der Waals surface area contributed by atoms with Crippen molar-refractivity contribution in [2.75, 3.05) is 6.54 Å². The molecule has 1 aromatic carbocycles. The van der Waals surface area contributed by atoms with Crippen LogP contribution in [0.3, 0.4) is 0 Å². The Hall–Kier alpha value is -1.17. The van der Waals surface area contributed by atoms with E-state index in [0.29, 0.717) is 0 Å². The molecule has 0 radical (unpaired) electrons. The second kappa shape index (κ2) is 8.09. The summed E-state index contributed by atoms with van der Waals surface area (Å²) in [6.45, 7) is 3.61. The van der Waals surface area contributed by atoms with Gasteiger partial charge in [-0.2, -0.15) is 0 Å². The van der Waals surface area contributed by atoms with Gasteiger partial charge >= 0.3 is 0 Å². The van der Waals surface area contributed by atoms with Gasteiger partial charge in [0.2, 0.25) is 5.91 Å². The summed E-state index contributed by atoms with van der Waals surface area (Å²) >= 11 is 0. The second-order valence-electron chi connectivity index (χ2n) is 4.55. The molecule has 0 saturated heterocycles. The minimum Gasteiger partial charge on any atom is -0.386 e. The monoisotopic (exact) mass is 290 g/mol. The quantitative estimate of drug-likeness (QED) is 0.767. The van der Waals surface area contributed by atoms with Crippen molar-refractivity contribution in [3.8, 4) is 0 Å². The standard InChI is InChI=1S/C13H19FN2O2.ClH/c1-8(2)12(15)13(18)16-7-11(17)9-5-3-4-6-10(9)14;/h3-6,8,11-12,17H,7,15H2,1-2H3,(H,16,18);1H/t11?,12-;/m0./s1. The van der Waals surface area contributed by atoms with Crippen LogP contribution in [0.25, 0.3) is 0 Å². The summed E-state index contributed by atoms with van der Waals surface area (Å²) in [5.74, 6) is -0.830. The molecule has 4 N–H and O–H groups in total. The molecule has 19 heavy (non-hydrogen) atoms. The first-order valence-electron chi connectivity index (χ1n) is 5.89. The number of benzene rings is 1. The highest BCUT2D eigenvalue weighted by molar-refractivity contribution is 5.85. The number of amides is 1. The Morgan fingerprint density at radius 1 is 1.42 bits per heavy atom. The van der Waals surface area contributed by atoms with E-state index < -0.39 is 18.0 Å². The minimum atomic E-state index is -1.07. The van der Waals surface area contributed by atoms with E-state index in [1.54, 1.807) is 12.1 Å². The maximum Gasteiger partial charge on any atom is 0.237 e. The van der Waals surface area contributed by atoms with Gasteiger partial charge in [-0.05, 0) is 12.0 Å². The predicted octanol–water partition coefficient (Wildman–Crippen LogP) is 1.38. The number of nitrogens with two attached hydrogens (primary N) is 1. The van der Waals surface area contributed by atoms with Crippen molar-refractivity contribution in [1.82, 2.24) is 5.32 Å². The second-order valence-corrected chi connectivity index (χ2v) is 4.55. The van der Waals surface area contributed by atoms with E-state index in [1.165, 1.54) is 12.1 Å². The van der Waals surface area contributed by atoms with Crippen LogP contribution in [0.4, 0.5) is 4.39 Å². The summed E-state index contributed by atoms with van der Waals surface area (Å²) in [5.41, 5.74) is 5.81. The molecule has 108 valence electrons. The summed E-state index contributed by atoms with van der Waals surface area (Å²) in [5, 5.41) is 12.3. The highest BCUT2D eigenvalue weighted by Gasteiger charge is 2.19. The smallest absolute Gasteiger partial charge is 0.237 e. The van der Waals surface area contributed by atoms with Gasteiger partial charge in [0.25, 0.3) is 0 Å². The number of hydrogen-bond acceptors (Lipinski definition) is 3. The van der Waals surface area contributed by atoms with Crippen molar-refractivity contribution in [2.24, 2.45) is 11.7 Å². The van der Waals surface area contributed by atoms with Gasteiger partial charge in [0.1, 0.15) is 5.82 Å². The molecule has 0 bridgehead atoms. The fourth-order valence-corrected chi connectivity index (χ4v) is 1.47. The summed E-state index contributed by atoms with van der Waals surface area (Å²) in [6.07, 6.45) is -1.07. The molecular weight excluding hydrogens is 271 g/mol. The molecule has 6 heteroatoms. The Morgan fingerprint density at radius 2 is 2.00 bits per heavy atom. The molecule has 1 rings (SSSR count). The number of halogens is 2. The Labute approximate surface area is 118 Å². The van der Waals surface area contributed by atoms with Gasteiger partial charge in [-0.25, -0.2) is 4.39 Å². The van der Waals surface area contributed by atoms with Crippen LogP contribution in [0.15, 0.2) is 24.3 Å². The molecule has 0 spiro atoms. The fraction of sp³-hybridized carbons (Fsp3) is 0.462. The molecule has 0 aromatic heterocycles. The molecule has 0 fully saturated rings. The molecular formula is C13H20ClFN2O2. The van der Waals surface area contributed by atoms with Crippen molar-refractivity contribution < 1.29 is 14.3 Å². The van der Waals surface area contributed by atoms with Gasteiger partial charge in [-0.3, -0.25) is 4.79 Å². The van der Waals surface area contributed by atoms with Crippen LogP contribution in [0.5, 0.6) is 0 Å².